The molecule has 0 saturated heterocycles. The number of hydrogen-bond acceptors (Lipinski definition) is 4. The highest BCUT2D eigenvalue weighted by Gasteiger charge is 2.28. The molecule has 1 aliphatic carbocycles. The zero-order chi connectivity index (χ0) is 28.7. The van der Waals surface area contributed by atoms with E-state index in [1.807, 2.05) is 0 Å². The third kappa shape index (κ3) is 19.6. The van der Waals surface area contributed by atoms with Crippen molar-refractivity contribution in [2.75, 3.05) is 6.54 Å². The number of nitrogens with one attached hydrogen (secondary N) is 2. The highest BCUT2D eigenvalue weighted by Crippen LogP contribution is 2.28. The molecule has 39 heavy (non-hydrogen) atoms. The van der Waals surface area contributed by atoms with Gasteiger partial charge in [-0.05, 0) is 51.4 Å². The second-order valence-electron chi connectivity index (χ2n) is 11.6. The molecule has 2 amide bonds. The van der Waals surface area contributed by atoms with Crippen LogP contribution < -0.4 is 10.6 Å². The summed E-state index contributed by atoms with van der Waals surface area (Å²) >= 11 is 0. The molecule has 1 aliphatic rings. The molecule has 226 valence electrons. The number of carbonyl (C=O) groups excluding carboxylic acids is 2. The van der Waals surface area contributed by atoms with Crippen molar-refractivity contribution in [1.29, 1.82) is 0 Å². The van der Waals surface area contributed by atoms with Crippen LogP contribution in [0.4, 0.5) is 0 Å². The average Bonchev–Trinajstić information content (AvgIpc) is 2.91. The Hall–Kier alpha value is -2.12. The Kier molecular flexibility index (Phi) is 20.3. The smallest absolute Gasteiger partial charge is 0.325 e. The maximum absolute atomic E-state index is 12.2. The molecule has 8 heteroatoms. The molecule has 0 aromatic heterocycles. The third-order valence-electron chi connectivity index (χ3n) is 8.08. The van der Waals surface area contributed by atoms with Gasteiger partial charge < -0.3 is 20.8 Å². The van der Waals surface area contributed by atoms with Gasteiger partial charge in [0.25, 0.3) is 0 Å². The van der Waals surface area contributed by atoms with Crippen molar-refractivity contribution in [1.82, 2.24) is 10.6 Å². The van der Waals surface area contributed by atoms with Crippen molar-refractivity contribution in [2.45, 2.75) is 154 Å². The largest absolute Gasteiger partial charge is 0.481 e. The molecule has 0 aromatic rings. The van der Waals surface area contributed by atoms with Gasteiger partial charge in [-0.25, -0.2) is 0 Å². The first-order valence-corrected chi connectivity index (χ1v) is 15.8. The molecule has 0 bridgehead atoms. The van der Waals surface area contributed by atoms with Crippen LogP contribution >= 0.6 is 0 Å². The molecule has 8 nitrogen and oxygen atoms in total. The van der Waals surface area contributed by atoms with Crippen LogP contribution in [0.1, 0.15) is 148 Å². The normalized spacial score (nSPS) is 17.9. The van der Waals surface area contributed by atoms with Crippen LogP contribution in [0.25, 0.3) is 0 Å². The molecule has 1 fully saturated rings. The molecule has 0 radical (unpaired) electrons. The molecular weight excluding hydrogens is 496 g/mol. The molecule has 1 rings (SSSR count). The van der Waals surface area contributed by atoms with Gasteiger partial charge in [0, 0.05) is 25.3 Å². The lowest BCUT2D eigenvalue weighted by atomic mass is 9.81. The first-order chi connectivity index (χ1) is 18.8. The minimum absolute atomic E-state index is 0.121. The topological polar surface area (TPSA) is 133 Å². The fourth-order valence-corrected chi connectivity index (χ4v) is 5.40. The van der Waals surface area contributed by atoms with Crippen molar-refractivity contribution in [3.05, 3.63) is 0 Å². The van der Waals surface area contributed by atoms with Gasteiger partial charge in [-0.3, -0.25) is 19.2 Å². The van der Waals surface area contributed by atoms with Gasteiger partial charge >= 0.3 is 11.9 Å². The Morgan fingerprint density at radius 3 is 1.46 bits per heavy atom. The first kappa shape index (κ1) is 34.9. The number of aliphatic carboxylic acids is 2. The Morgan fingerprint density at radius 1 is 0.641 bits per heavy atom. The van der Waals surface area contributed by atoms with Crippen molar-refractivity contribution < 1.29 is 29.4 Å². The molecule has 0 spiro atoms. The summed E-state index contributed by atoms with van der Waals surface area (Å²) in [5, 5.41) is 23.2. The summed E-state index contributed by atoms with van der Waals surface area (Å²) in [7, 11) is 0. The van der Waals surface area contributed by atoms with Crippen molar-refractivity contribution >= 4 is 23.8 Å². The third-order valence-corrected chi connectivity index (χ3v) is 8.08. The van der Waals surface area contributed by atoms with Gasteiger partial charge in [0.15, 0.2) is 0 Å². The van der Waals surface area contributed by atoms with E-state index >= 15 is 0 Å². The van der Waals surface area contributed by atoms with E-state index in [-0.39, 0.29) is 17.7 Å². The summed E-state index contributed by atoms with van der Waals surface area (Å²) in [6, 6.07) is -0.859. The number of unbranched alkanes of at least 4 members (excludes halogenated alkanes) is 15. The fourth-order valence-electron chi connectivity index (χ4n) is 5.40. The van der Waals surface area contributed by atoms with Crippen LogP contribution in [-0.4, -0.2) is 46.6 Å². The summed E-state index contributed by atoms with van der Waals surface area (Å²) in [5.74, 6) is -1.46. The van der Waals surface area contributed by atoms with Crippen LogP contribution in [-0.2, 0) is 19.2 Å². The first-order valence-electron chi connectivity index (χ1n) is 15.8. The van der Waals surface area contributed by atoms with E-state index in [9.17, 15) is 19.2 Å². The summed E-state index contributed by atoms with van der Waals surface area (Å²) < 4.78 is 0. The van der Waals surface area contributed by atoms with E-state index in [4.69, 9.17) is 10.2 Å². The van der Waals surface area contributed by atoms with Crippen molar-refractivity contribution in [3.63, 3.8) is 0 Å². The van der Waals surface area contributed by atoms with Crippen molar-refractivity contribution in [3.8, 4) is 0 Å². The van der Waals surface area contributed by atoms with Crippen LogP contribution in [0.15, 0.2) is 0 Å². The van der Waals surface area contributed by atoms with Crippen molar-refractivity contribution in [2.24, 2.45) is 11.8 Å². The van der Waals surface area contributed by atoms with Crippen LogP contribution in [0, 0.1) is 11.8 Å². The minimum atomic E-state index is -1.02. The van der Waals surface area contributed by atoms with Crippen LogP contribution in [0.2, 0.25) is 0 Å². The maximum atomic E-state index is 12.2. The molecular formula is C31H56N2O6. The molecule has 0 heterocycles. The van der Waals surface area contributed by atoms with E-state index in [1.165, 1.54) is 84.0 Å². The minimum Gasteiger partial charge on any atom is -0.481 e. The number of hydrogen-bond donors (Lipinski definition) is 4. The lowest BCUT2D eigenvalue weighted by molar-refractivity contribution is -0.142. The zero-order valence-electron chi connectivity index (χ0n) is 24.5. The Balaban J connectivity index is 1.84. The lowest BCUT2D eigenvalue weighted by Crippen LogP contribution is -2.43. The summed E-state index contributed by atoms with van der Waals surface area (Å²) in [4.78, 5) is 45.7. The average molecular weight is 553 g/mol. The van der Waals surface area contributed by atoms with Gasteiger partial charge in [0.2, 0.25) is 11.8 Å². The standard InChI is InChI=1S/C31H56N2O6/c1-25(31(38)39)33-30(37)27-22-20-26(21-23-27)24-32-28(34)18-16-14-12-10-8-6-4-2-3-5-7-9-11-13-15-17-19-29(35)36/h25-27H,2-24H2,1H3,(H,32,34)(H,33,37)(H,35,36)(H,38,39)/t25-,26?,27?/m0/s1. The predicted octanol–water partition coefficient (Wildman–Crippen LogP) is 6.60. The Morgan fingerprint density at radius 2 is 1.05 bits per heavy atom. The van der Waals surface area contributed by atoms with Gasteiger partial charge in [-0.1, -0.05) is 89.9 Å². The quantitative estimate of drug-likeness (QED) is 0.0997. The van der Waals surface area contributed by atoms with E-state index in [2.05, 4.69) is 10.6 Å². The SMILES string of the molecule is C[C@H](NC(=O)C1CCC(CNC(=O)CCCCCCCCCCCCCCCCCCC(=O)O)CC1)C(=O)O. The number of rotatable bonds is 24. The monoisotopic (exact) mass is 552 g/mol. The van der Waals surface area contributed by atoms with Gasteiger partial charge in [0.05, 0.1) is 0 Å². The Labute approximate surface area is 236 Å². The number of amides is 2. The van der Waals surface area contributed by atoms with E-state index in [0.29, 0.717) is 25.3 Å². The lowest BCUT2D eigenvalue weighted by Gasteiger charge is -2.28. The number of carboxylic acid groups (broad SMARTS) is 2. The van der Waals surface area contributed by atoms with Gasteiger partial charge in [-0.2, -0.15) is 0 Å². The fraction of sp³-hybridized carbons (Fsp3) is 0.871. The number of carboxylic acids is 2. The van der Waals surface area contributed by atoms with E-state index in [0.717, 1.165) is 51.4 Å². The second-order valence-corrected chi connectivity index (χ2v) is 11.6. The number of carbonyl (C=O) groups is 4. The van der Waals surface area contributed by atoms with Gasteiger partial charge in [-0.15, -0.1) is 0 Å². The summed E-state index contributed by atoms with van der Waals surface area (Å²) in [6.07, 6.45) is 23.4. The maximum Gasteiger partial charge on any atom is 0.325 e. The molecule has 0 unspecified atom stereocenters. The molecule has 1 saturated carbocycles. The second kappa shape index (κ2) is 22.7. The molecule has 0 aromatic carbocycles. The molecule has 4 N–H and O–H groups in total. The van der Waals surface area contributed by atoms with E-state index < -0.39 is 18.0 Å². The summed E-state index contributed by atoms with van der Waals surface area (Å²) in [5.41, 5.74) is 0. The van der Waals surface area contributed by atoms with Gasteiger partial charge in [0.1, 0.15) is 6.04 Å². The van der Waals surface area contributed by atoms with Crippen LogP contribution in [0.3, 0.4) is 0 Å². The Bertz CT molecular complexity index is 691. The summed E-state index contributed by atoms with van der Waals surface area (Å²) in [6.45, 7) is 2.15. The zero-order valence-corrected chi connectivity index (χ0v) is 24.5. The van der Waals surface area contributed by atoms with E-state index in [1.54, 1.807) is 0 Å². The highest BCUT2D eigenvalue weighted by atomic mass is 16.4. The predicted molar refractivity (Wildman–Crippen MR) is 154 cm³/mol. The molecule has 0 aliphatic heterocycles. The van der Waals surface area contributed by atoms with Crippen LogP contribution in [0.5, 0.6) is 0 Å². The highest BCUT2D eigenvalue weighted by molar-refractivity contribution is 5.84. The molecule has 1 atom stereocenters.